The Morgan fingerprint density at radius 1 is 1.33 bits per heavy atom. The molecule has 1 aromatic carbocycles. The summed E-state index contributed by atoms with van der Waals surface area (Å²) in [6, 6.07) is 9.32. The van der Waals surface area contributed by atoms with Gasteiger partial charge in [-0.2, -0.15) is 0 Å². The standard InChI is InChI=1S/C12H15O3/c1-10(2)8-14-12(13)15-9-11-6-4-3-5-7-11/h3-7,9-10H,8H2,1-2H3. The van der Waals surface area contributed by atoms with Crippen LogP contribution in [0.25, 0.3) is 0 Å². The fraction of sp³-hybridized carbons (Fsp3) is 0.333. The molecule has 0 heterocycles. The molecule has 0 aromatic heterocycles. The highest BCUT2D eigenvalue weighted by Gasteiger charge is 2.05. The molecule has 0 saturated carbocycles. The molecule has 15 heavy (non-hydrogen) atoms. The van der Waals surface area contributed by atoms with Crippen LogP contribution in [0.5, 0.6) is 0 Å². The molecule has 0 spiro atoms. The Morgan fingerprint density at radius 3 is 2.60 bits per heavy atom. The number of benzene rings is 1. The molecule has 3 heteroatoms. The smallest absolute Gasteiger partial charge is 0.434 e. The van der Waals surface area contributed by atoms with Gasteiger partial charge in [0.1, 0.15) is 0 Å². The van der Waals surface area contributed by atoms with Gasteiger partial charge in [0.05, 0.1) is 6.61 Å². The van der Waals surface area contributed by atoms with Crippen LogP contribution in [0.3, 0.4) is 0 Å². The molecule has 0 fully saturated rings. The minimum absolute atomic E-state index is 0.314. The van der Waals surface area contributed by atoms with Crippen molar-refractivity contribution in [2.45, 2.75) is 13.8 Å². The first-order valence-electron chi connectivity index (χ1n) is 4.90. The van der Waals surface area contributed by atoms with Gasteiger partial charge in [0.25, 0.3) is 0 Å². The minimum Gasteiger partial charge on any atom is -0.434 e. The van der Waals surface area contributed by atoms with Gasteiger partial charge < -0.3 is 9.47 Å². The second-order valence-electron chi connectivity index (χ2n) is 3.60. The van der Waals surface area contributed by atoms with E-state index in [1.54, 1.807) is 0 Å². The summed E-state index contributed by atoms with van der Waals surface area (Å²) in [5.74, 6) is 0.314. The monoisotopic (exact) mass is 207 g/mol. The Hall–Kier alpha value is -1.51. The molecule has 1 rings (SSSR count). The lowest BCUT2D eigenvalue weighted by molar-refractivity contribution is 0.0675. The summed E-state index contributed by atoms with van der Waals surface area (Å²) in [6.07, 6.45) is -0.660. The van der Waals surface area contributed by atoms with Crippen LogP contribution in [0, 0.1) is 12.5 Å². The third-order valence-corrected chi connectivity index (χ3v) is 1.63. The minimum atomic E-state index is -0.660. The Kier molecular flexibility index (Phi) is 4.68. The zero-order valence-electron chi connectivity index (χ0n) is 8.97. The summed E-state index contributed by atoms with van der Waals surface area (Å²) < 4.78 is 9.63. The highest BCUT2D eigenvalue weighted by atomic mass is 16.7. The molecule has 0 aliphatic heterocycles. The summed E-state index contributed by atoms with van der Waals surface area (Å²) >= 11 is 0. The van der Waals surface area contributed by atoms with Crippen LogP contribution >= 0.6 is 0 Å². The van der Waals surface area contributed by atoms with Crippen LogP contribution in [0.15, 0.2) is 30.3 Å². The van der Waals surface area contributed by atoms with E-state index in [0.717, 1.165) is 5.56 Å². The van der Waals surface area contributed by atoms with Crippen molar-refractivity contribution in [2.24, 2.45) is 5.92 Å². The molecular formula is C12H15O3. The van der Waals surface area contributed by atoms with Gasteiger partial charge in [-0.25, -0.2) is 4.79 Å². The first-order chi connectivity index (χ1) is 7.18. The van der Waals surface area contributed by atoms with Gasteiger partial charge in [0.15, 0.2) is 6.61 Å². The van der Waals surface area contributed by atoms with E-state index in [4.69, 9.17) is 9.47 Å². The van der Waals surface area contributed by atoms with Crippen LogP contribution in [-0.4, -0.2) is 12.8 Å². The fourth-order valence-electron chi connectivity index (χ4n) is 0.916. The number of hydrogen-bond donors (Lipinski definition) is 0. The summed E-state index contributed by atoms with van der Waals surface area (Å²) in [5, 5.41) is 0. The van der Waals surface area contributed by atoms with Crippen molar-refractivity contribution in [3.05, 3.63) is 42.5 Å². The van der Waals surface area contributed by atoms with Crippen molar-refractivity contribution >= 4 is 6.16 Å². The highest BCUT2D eigenvalue weighted by molar-refractivity contribution is 5.60. The molecule has 0 aliphatic carbocycles. The fourth-order valence-corrected chi connectivity index (χ4v) is 0.916. The van der Waals surface area contributed by atoms with Gasteiger partial charge in [0, 0.05) is 0 Å². The van der Waals surface area contributed by atoms with Gasteiger partial charge in [-0.3, -0.25) is 0 Å². The predicted molar refractivity (Wildman–Crippen MR) is 57.1 cm³/mol. The maximum Gasteiger partial charge on any atom is 0.509 e. The van der Waals surface area contributed by atoms with Crippen LogP contribution in [-0.2, 0) is 9.47 Å². The van der Waals surface area contributed by atoms with Crippen molar-refractivity contribution < 1.29 is 14.3 Å². The van der Waals surface area contributed by atoms with Crippen molar-refractivity contribution in [1.29, 1.82) is 0 Å². The van der Waals surface area contributed by atoms with E-state index >= 15 is 0 Å². The molecule has 0 N–H and O–H groups in total. The van der Waals surface area contributed by atoms with E-state index < -0.39 is 6.16 Å². The van der Waals surface area contributed by atoms with E-state index in [9.17, 15) is 4.79 Å². The van der Waals surface area contributed by atoms with Crippen LogP contribution < -0.4 is 0 Å². The first kappa shape index (κ1) is 11.6. The second kappa shape index (κ2) is 6.06. The van der Waals surface area contributed by atoms with Gasteiger partial charge >= 0.3 is 6.16 Å². The van der Waals surface area contributed by atoms with Gasteiger partial charge in [0.2, 0.25) is 0 Å². The first-order valence-corrected chi connectivity index (χ1v) is 4.90. The highest BCUT2D eigenvalue weighted by Crippen LogP contribution is 2.04. The molecule has 1 radical (unpaired) electrons. The number of hydrogen-bond acceptors (Lipinski definition) is 3. The SMILES string of the molecule is CC(C)COC(=O)O[CH]c1ccccc1. The number of rotatable bonds is 4. The largest absolute Gasteiger partial charge is 0.509 e. The number of carbonyl (C=O) groups is 1. The second-order valence-corrected chi connectivity index (χ2v) is 3.60. The van der Waals surface area contributed by atoms with E-state index in [2.05, 4.69) is 0 Å². The molecule has 0 saturated heterocycles. The van der Waals surface area contributed by atoms with Crippen molar-refractivity contribution in [2.75, 3.05) is 6.61 Å². The number of ether oxygens (including phenoxy) is 2. The van der Waals surface area contributed by atoms with Crippen molar-refractivity contribution in [1.82, 2.24) is 0 Å². The Balaban J connectivity index is 2.23. The third-order valence-electron chi connectivity index (χ3n) is 1.63. The van der Waals surface area contributed by atoms with E-state index in [0.29, 0.717) is 12.5 Å². The average molecular weight is 207 g/mol. The van der Waals surface area contributed by atoms with Gasteiger partial charge in [-0.15, -0.1) is 0 Å². The summed E-state index contributed by atoms with van der Waals surface area (Å²) in [7, 11) is 0. The van der Waals surface area contributed by atoms with E-state index in [1.807, 2.05) is 44.2 Å². The topological polar surface area (TPSA) is 35.5 Å². The molecule has 1 aromatic rings. The lowest BCUT2D eigenvalue weighted by Crippen LogP contribution is -2.10. The molecule has 81 valence electrons. The average Bonchev–Trinajstić information content (AvgIpc) is 2.25. The maximum atomic E-state index is 11.0. The summed E-state index contributed by atoms with van der Waals surface area (Å²) in [4.78, 5) is 11.0. The lowest BCUT2D eigenvalue weighted by atomic mass is 10.2. The Bertz CT molecular complexity index is 293. The normalized spacial score (nSPS) is 10.1. The van der Waals surface area contributed by atoms with E-state index in [1.165, 1.54) is 6.61 Å². The predicted octanol–water partition coefficient (Wildman–Crippen LogP) is 3.01. The zero-order valence-corrected chi connectivity index (χ0v) is 8.97. The van der Waals surface area contributed by atoms with Crippen LogP contribution in [0.4, 0.5) is 4.79 Å². The van der Waals surface area contributed by atoms with Gasteiger partial charge in [-0.1, -0.05) is 44.2 Å². The molecule has 0 amide bonds. The molecule has 0 aliphatic rings. The molecule has 0 atom stereocenters. The molecule has 0 bridgehead atoms. The van der Waals surface area contributed by atoms with E-state index in [-0.39, 0.29) is 0 Å². The Labute approximate surface area is 90.0 Å². The molecule has 3 nitrogen and oxygen atoms in total. The third kappa shape index (κ3) is 5.05. The molecule has 0 unspecified atom stereocenters. The molecular weight excluding hydrogens is 192 g/mol. The van der Waals surface area contributed by atoms with Crippen LogP contribution in [0.2, 0.25) is 0 Å². The van der Waals surface area contributed by atoms with Crippen molar-refractivity contribution in [3.63, 3.8) is 0 Å². The van der Waals surface area contributed by atoms with Gasteiger partial charge in [-0.05, 0) is 11.5 Å². The zero-order chi connectivity index (χ0) is 11.1. The number of carbonyl (C=O) groups excluding carboxylic acids is 1. The summed E-state index contributed by atoms with van der Waals surface area (Å²) in [5.41, 5.74) is 0.832. The lowest BCUT2D eigenvalue weighted by Gasteiger charge is -2.07. The van der Waals surface area contributed by atoms with Crippen molar-refractivity contribution in [3.8, 4) is 0 Å². The van der Waals surface area contributed by atoms with Crippen LogP contribution in [0.1, 0.15) is 19.4 Å². The Morgan fingerprint density at radius 2 is 2.00 bits per heavy atom. The maximum absolute atomic E-state index is 11.0. The summed E-state index contributed by atoms with van der Waals surface area (Å²) in [6.45, 7) is 5.69. The quantitative estimate of drug-likeness (QED) is 0.712.